The molecule has 34 heavy (non-hydrogen) atoms. The van der Waals surface area contributed by atoms with Crippen molar-refractivity contribution in [1.82, 2.24) is 14.5 Å². The highest BCUT2D eigenvalue weighted by atomic mass is 15.1. The first-order valence-corrected chi connectivity index (χ1v) is 12.4. The summed E-state index contributed by atoms with van der Waals surface area (Å²) in [6.45, 7) is 11.4. The van der Waals surface area contributed by atoms with Crippen molar-refractivity contribution in [2.45, 2.75) is 59.3 Å². The maximum absolute atomic E-state index is 5.29. The van der Waals surface area contributed by atoms with Gasteiger partial charge in [-0.2, -0.15) is 0 Å². The number of benzene rings is 2. The number of aryl methyl sites for hydroxylation is 1. The molecule has 0 fully saturated rings. The molecular formula is C31H37N3. The lowest BCUT2D eigenvalue weighted by Gasteiger charge is -2.31. The molecule has 0 aliphatic heterocycles. The zero-order chi connectivity index (χ0) is 24.3. The Morgan fingerprint density at radius 1 is 0.735 bits per heavy atom. The van der Waals surface area contributed by atoms with Gasteiger partial charge in [0.05, 0.1) is 22.5 Å². The first-order chi connectivity index (χ1) is 16.3. The predicted molar refractivity (Wildman–Crippen MR) is 143 cm³/mol. The van der Waals surface area contributed by atoms with Crippen LogP contribution in [0.1, 0.15) is 64.4 Å². The van der Waals surface area contributed by atoms with Gasteiger partial charge < -0.3 is 4.57 Å². The lowest BCUT2D eigenvalue weighted by atomic mass is 9.75. The molecule has 0 saturated carbocycles. The van der Waals surface area contributed by atoms with E-state index in [4.69, 9.17) is 9.97 Å². The molecule has 3 heteroatoms. The highest BCUT2D eigenvalue weighted by Gasteiger charge is 2.36. The van der Waals surface area contributed by atoms with Crippen molar-refractivity contribution >= 4 is 0 Å². The number of rotatable bonds is 7. The number of pyridine rings is 1. The fourth-order valence-electron chi connectivity index (χ4n) is 4.96. The van der Waals surface area contributed by atoms with Crippen molar-refractivity contribution in [3.63, 3.8) is 0 Å². The number of imidazole rings is 1. The van der Waals surface area contributed by atoms with Gasteiger partial charge in [-0.3, -0.25) is 4.98 Å². The van der Waals surface area contributed by atoms with Gasteiger partial charge in [-0.1, -0.05) is 95.3 Å². The van der Waals surface area contributed by atoms with Gasteiger partial charge in [-0.05, 0) is 42.4 Å². The van der Waals surface area contributed by atoms with Gasteiger partial charge in [0.15, 0.2) is 0 Å². The minimum absolute atomic E-state index is 0.194. The monoisotopic (exact) mass is 451 g/mol. The van der Waals surface area contributed by atoms with Crippen molar-refractivity contribution < 1.29 is 0 Å². The Balaban J connectivity index is 1.89. The van der Waals surface area contributed by atoms with Gasteiger partial charge >= 0.3 is 0 Å². The predicted octanol–water partition coefficient (Wildman–Crippen LogP) is 7.84. The molecule has 3 nitrogen and oxygen atoms in total. The van der Waals surface area contributed by atoms with Crippen molar-refractivity contribution in [2.24, 2.45) is 12.5 Å². The summed E-state index contributed by atoms with van der Waals surface area (Å²) < 4.78 is 2.15. The molecule has 0 radical (unpaired) electrons. The van der Waals surface area contributed by atoms with Crippen molar-refractivity contribution in [2.75, 3.05) is 0 Å². The summed E-state index contributed by atoms with van der Waals surface area (Å²) in [5.74, 6) is 0.996. The van der Waals surface area contributed by atoms with E-state index in [2.05, 4.69) is 119 Å². The lowest BCUT2D eigenvalue weighted by Crippen LogP contribution is -2.28. The summed E-state index contributed by atoms with van der Waals surface area (Å²) >= 11 is 0. The Labute approximate surface area is 204 Å². The van der Waals surface area contributed by atoms with Gasteiger partial charge in [0.25, 0.3) is 0 Å². The summed E-state index contributed by atoms with van der Waals surface area (Å²) in [4.78, 5) is 10.5. The molecule has 0 atom stereocenters. The third kappa shape index (κ3) is 4.84. The average Bonchev–Trinajstić information content (AvgIpc) is 3.22. The highest BCUT2D eigenvalue weighted by molar-refractivity contribution is 5.61. The second kappa shape index (κ2) is 9.58. The highest BCUT2D eigenvalue weighted by Crippen LogP contribution is 2.40. The van der Waals surface area contributed by atoms with Crippen molar-refractivity contribution in [3.05, 3.63) is 95.9 Å². The van der Waals surface area contributed by atoms with Crippen LogP contribution >= 0.6 is 0 Å². The Kier molecular flexibility index (Phi) is 6.74. The molecule has 4 aromatic rings. The molecule has 0 aliphatic rings. The maximum Gasteiger partial charge on any atom is 0.140 e. The van der Waals surface area contributed by atoms with E-state index in [0.29, 0.717) is 0 Å². The summed E-state index contributed by atoms with van der Waals surface area (Å²) in [5.41, 5.74) is 6.84. The van der Waals surface area contributed by atoms with Crippen molar-refractivity contribution in [3.8, 4) is 22.6 Å². The van der Waals surface area contributed by atoms with Gasteiger partial charge in [0.1, 0.15) is 5.82 Å². The second-order valence-corrected chi connectivity index (χ2v) is 10.6. The zero-order valence-corrected chi connectivity index (χ0v) is 21.5. The van der Waals surface area contributed by atoms with Crippen LogP contribution in [0.2, 0.25) is 0 Å². The van der Waals surface area contributed by atoms with Gasteiger partial charge in [-0.25, -0.2) is 4.98 Å². The van der Waals surface area contributed by atoms with E-state index in [1.807, 2.05) is 6.07 Å². The second-order valence-electron chi connectivity index (χ2n) is 10.6. The Hall–Kier alpha value is -3.20. The first-order valence-electron chi connectivity index (χ1n) is 12.4. The van der Waals surface area contributed by atoms with Crippen LogP contribution in [0.4, 0.5) is 0 Å². The molecule has 0 amide bonds. The van der Waals surface area contributed by atoms with E-state index in [1.165, 1.54) is 5.56 Å². The van der Waals surface area contributed by atoms with E-state index >= 15 is 0 Å². The smallest absolute Gasteiger partial charge is 0.140 e. The molecule has 0 bridgehead atoms. The molecule has 2 aromatic carbocycles. The van der Waals surface area contributed by atoms with Crippen LogP contribution in [0.15, 0.2) is 79.0 Å². The Bertz CT molecular complexity index is 1230. The molecular weight excluding hydrogens is 414 g/mol. The van der Waals surface area contributed by atoms with Crippen LogP contribution in [0.5, 0.6) is 0 Å². The quantitative estimate of drug-likeness (QED) is 0.286. The van der Waals surface area contributed by atoms with Crippen LogP contribution in [0, 0.1) is 5.41 Å². The summed E-state index contributed by atoms with van der Waals surface area (Å²) in [6, 6.07) is 25.6. The topological polar surface area (TPSA) is 30.7 Å². The molecule has 2 aromatic heterocycles. The minimum Gasteiger partial charge on any atom is -0.334 e. The van der Waals surface area contributed by atoms with Crippen LogP contribution in [-0.4, -0.2) is 14.5 Å². The van der Waals surface area contributed by atoms with E-state index in [9.17, 15) is 0 Å². The average molecular weight is 452 g/mol. The van der Waals surface area contributed by atoms with Crippen LogP contribution in [0.25, 0.3) is 22.6 Å². The fourth-order valence-corrected chi connectivity index (χ4v) is 4.96. The standard InChI is InChI=1S/C31H37N3/c1-7-31(8-2,28-22-34(6)29(33-28)25-17-13-10-14-18-25)27-20-23(21-30(3,4)5)19-26(32-27)24-15-11-9-12-16-24/h9-20,22H,7-8,21H2,1-6H3. The van der Waals surface area contributed by atoms with E-state index < -0.39 is 0 Å². The molecule has 2 heterocycles. The molecule has 0 saturated heterocycles. The number of hydrogen-bond acceptors (Lipinski definition) is 2. The Morgan fingerprint density at radius 3 is 1.88 bits per heavy atom. The Morgan fingerprint density at radius 2 is 1.32 bits per heavy atom. The summed E-state index contributed by atoms with van der Waals surface area (Å²) in [6.07, 6.45) is 5.09. The number of hydrogen-bond donors (Lipinski definition) is 0. The van der Waals surface area contributed by atoms with Gasteiger partial charge in [0, 0.05) is 24.4 Å². The first kappa shape index (κ1) is 23.9. The third-order valence-electron chi connectivity index (χ3n) is 6.79. The fraction of sp³-hybridized carbons (Fsp3) is 0.355. The minimum atomic E-state index is -0.248. The van der Waals surface area contributed by atoms with E-state index in [0.717, 1.165) is 53.3 Å². The molecule has 0 spiro atoms. The normalized spacial score (nSPS) is 12.2. The lowest BCUT2D eigenvalue weighted by molar-refractivity contribution is 0.409. The maximum atomic E-state index is 5.29. The summed E-state index contributed by atoms with van der Waals surface area (Å²) in [5, 5.41) is 0. The SMILES string of the molecule is CCC(CC)(c1cc(CC(C)(C)C)cc(-c2ccccc2)n1)c1cn(C)c(-c2ccccc2)n1. The van der Waals surface area contributed by atoms with Crippen LogP contribution < -0.4 is 0 Å². The van der Waals surface area contributed by atoms with Crippen LogP contribution in [-0.2, 0) is 18.9 Å². The van der Waals surface area contributed by atoms with E-state index in [-0.39, 0.29) is 10.8 Å². The van der Waals surface area contributed by atoms with Gasteiger partial charge in [0.2, 0.25) is 0 Å². The molecule has 4 rings (SSSR count). The van der Waals surface area contributed by atoms with Crippen molar-refractivity contribution in [1.29, 1.82) is 0 Å². The largest absolute Gasteiger partial charge is 0.334 e. The molecule has 0 unspecified atom stereocenters. The number of aromatic nitrogens is 3. The zero-order valence-electron chi connectivity index (χ0n) is 21.5. The van der Waals surface area contributed by atoms with Gasteiger partial charge in [-0.15, -0.1) is 0 Å². The molecule has 176 valence electrons. The molecule has 0 N–H and O–H groups in total. The molecule has 0 aliphatic carbocycles. The third-order valence-corrected chi connectivity index (χ3v) is 6.79. The van der Waals surface area contributed by atoms with Crippen LogP contribution in [0.3, 0.4) is 0 Å². The summed E-state index contributed by atoms with van der Waals surface area (Å²) in [7, 11) is 2.09. The number of nitrogens with zero attached hydrogens (tertiary/aromatic N) is 3. The van der Waals surface area contributed by atoms with E-state index in [1.54, 1.807) is 0 Å².